The van der Waals surface area contributed by atoms with E-state index in [1.54, 1.807) is 0 Å². The predicted molar refractivity (Wildman–Crippen MR) is 100 cm³/mol. The average Bonchev–Trinajstić information content (AvgIpc) is 3.06. The van der Waals surface area contributed by atoms with Gasteiger partial charge in [-0.25, -0.2) is 4.98 Å². The molecule has 1 heterocycles. The Morgan fingerprint density at radius 1 is 0.800 bits per heavy atom. The van der Waals surface area contributed by atoms with Crippen LogP contribution in [0.15, 0.2) is 84.9 Å². The molecule has 0 unspecified atom stereocenters. The number of para-hydroxylation sites is 2. The van der Waals surface area contributed by atoms with Crippen LogP contribution in [0.1, 0.15) is 23.1 Å². The van der Waals surface area contributed by atoms with Crippen LogP contribution < -0.4 is 0 Å². The molecule has 3 aromatic carbocycles. The highest BCUT2D eigenvalue weighted by Gasteiger charge is 2.19. The van der Waals surface area contributed by atoms with Crippen molar-refractivity contribution in [1.29, 1.82) is 0 Å². The lowest BCUT2D eigenvalue weighted by Gasteiger charge is -2.14. The van der Waals surface area contributed by atoms with E-state index >= 15 is 0 Å². The maximum atomic E-state index is 10.9. The number of nitrogens with zero attached hydrogens (tertiary/aromatic N) is 2. The zero-order valence-electron chi connectivity index (χ0n) is 13.9. The first-order valence-corrected chi connectivity index (χ1v) is 8.55. The molecule has 0 saturated carbocycles. The van der Waals surface area contributed by atoms with Crippen LogP contribution in [0, 0.1) is 0 Å². The quantitative estimate of drug-likeness (QED) is 0.591. The van der Waals surface area contributed by atoms with Gasteiger partial charge in [0.15, 0.2) is 0 Å². The first-order valence-electron chi connectivity index (χ1n) is 8.55. The molecule has 0 aliphatic carbocycles. The second-order valence-corrected chi connectivity index (χ2v) is 6.16. The minimum Gasteiger partial charge on any atom is -0.380 e. The van der Waals surface area contributed by atoms with Gasteiger partial charge in [-0.05, 0) is 29.7 Å². The van der Waals surface area contributed by atoms with Gasteiger partial charge >= 0.3 is 0 Å². The zero-order valence-corrected chi connectivity index (χ0v) is 13.9. The maximum absolute atomic E-state index is 10.9. The van der Waals surface area contributed by atoms with Crippen LogP contribution in [0.2, 0.25) is 0 Å². The van der Waals surface area contributed by atoms with Crippen molar-refractivity contribution in [2.45, 2.75) is 19.1 Å². The number of benzene rings is 3. The van der Waals surface area contributed by atoms with Gasteiger partial charge in [-0.2, -0.15) is 0 Å². The van der Waals surface area contributed by atoms with E-state index in [1.807, 2.05) is 54.6 Å². The summed E-state index contributed by atoms with van der Waals surface area (Å²) in [4.78, 5) is 4.71. The molecule has 0 radical (unpaired) electrons. The van der Waals surface area contributed by atoms with E-state index in [2.05, 4.69) is 34.9 Å². The van der Waals surface area contributed by atoms with Crippen molar-refractivity contribution < 1.29 is 5.11 Å². The molecular formula is C22H20N2O. The molecule has 1 atom stereocenters. The molecule has 0 aliphatic rings. The summed E-state index contributed by atoms with van der Waals surface area (Å²) >= 11 is 0. The average molecular weight is 328 g/mol. The Balaban J connectivity index is 1.73. The number of fused-ring (bicyclic) bond motifs is 1. The van der Waals surface area contributed by atoms with Crippen molar-refractivity contribution in [3.05, 3.63) is 102 Å². The van der Waals surface area contributed by atoms with Crippen LogP contribution in [0.3, 0.4) is 0 Å². The Bertz CT molecular complexity index is 961. The molecule has 4 rings (SSSR count). The summed E-state index contributed by atoms with van der Waals surface area (Å²) in [6.07, 6.45) is 0.166. The zero-order chi connectivity index (χ0) is 17.1. The fourth-order valence-corrected chi connectivity index (χ4v) is 3.21. The molecular weight excluding hydrogens is 308 g/mol. The van der Waals surface area contributed by atoms with Gasteiger partial charge in [-0.3, -0.25) is 0 Å². The van der Waals surface area contributed by atoms with Crippen LogP contribution in [0.25, 0.3) is 11.0 Å². The summed E-state index contributed by atoms with van der Waals surface area (Å²) < 4.78 is 2.14. The Hall–Kier alpha value is -2.91. The molecule has 0 fully saturated rings. The van der Waals surface area contributed by atoms with Crippen molar-refractivity contribution in [2.75, 3.05) is 0 Å². The number of aromatic nitrogens is 2. The normalized spacial score (nSPS) is 12.4. The van der Waals surface area contributed by atoms with E-state index in [1.165, 1.54) is 5.56 Å². The predicted octanol–water partition coefficient (Wildman–Crippen LogP) is 4.36. The van der Waals surface area contributed by atoms with Gasteiger partial charge in [-0.15, -0.1) is 0 Å². The second-order valence-electron chi connectivity index (χ2n) is 6.16. The topological polar surface area (TPSA) is 38.1 Å². The fraction of sp³-hybridized carbons (Fsp3) is 0.136. The first-order chi connectivity index (χ1) is 12.3. The lowest BCUT2D eigenvalue weighted by molar-refractivity contribution is 0.205. The van der Waals surface area contributed by atoms with E-state index in [9.17, 15) is 5.11 Å². The molecule has 0 bridgehead atoms. The third-order valence-corrected chi connectivity index (χ3v) is 4.51. The van der Waals surface area contributed by atoms with Crippen molar-refractivity contribution in [3.8, 4) is 0 Å². The van der Waals surface area contributed by atoms with Gasteiger partial charge in [0, 0.05) is 6.54 Å². The van der Waals surface area contributed by atoms with Crippen LogP contribution in [0.5, 0.6) is 0 Å². The van der Waals surface area contributed by atoms with E-state index in [0.717, 1.165) is 29.6 Å². The molecule has 1 N–H and O–H groups in total. The van der Waals surface area contributed by atoms with Gasteiger partial charge < -0.3 is 9.67 Å². The van der Waals surface area contributed by atoms with E-state index in [4.69, 9.17) is 4.98 Å². The third kappa shape index (κ3) is 3.19. The molecule has 0 saturated heterocycles. The molecule has 124 valence electrons. The third-order valence-electron chi connectivity index (χ3n) is 4.51. The lowest BCUT2D eigenvalue weighted by atomic mass is 10.1. The highest BCUT2D eigenvalue weighted by molar-refractivity contribution is 5.76. The number of imidazole rings is 1. The van der Waals surface area contributed by atoms with Gasteiger partial charge in [0.1, 0.15) is 11.9 Å². The van der Waals surface area contributed by atoms with Crippen LogP contribution in [-0.4, -0.2) is 14.7 Å². The lowest BCUT2D eigenvalue weighted by Crippen LogP contribution is -2.11. The molecule has 0 aliphatic heterocycles. The molecule has 3 heteroatoms. The molecule has 0 amide bonds. The summed E-state index contributed by atoms with van der Waals surface area (Å²) in [6, 6.07) is 28.2. The van der Waals surface area contributed by atoms with Crippen LogP contribution in [-0.2, 0) is 13.0 Å². The molecule has 3 nitrogen and oxygen atoms in total. The molecule has 0 spiro atoms. The standard InChI is InChI=1S/C22H20N2O/c25-21(18-11-5-2-6-12-18)22-23-19-13-7-8-14-20(19)24(22)16-15-17-9-3-1-4-10-17/h1-14,21,25H,15-16H2/t21-/m0/s1. The fourth-order valence-electron chi connectivity index (χ4n) is 3.21. The minimum atomic E-state index is -0.732. The van der Waals surface area contributed by atoms with Gasteiger partial charge in [0.05, 0.1) is 11.0 Å². The number of aliphatic hydroxyl groups excluding tert-OH is 1. The van der Waals surface area contributed by atoms with E-state index in [0.29, 0.717) is 5.82 Å². The smallest absolute Gasteiger partial charge is 0.143 e. The van der Waals surface area contributed by atoms with Gasteiger partial charge in [0.2, 0.25) is 0 Å². The minimum absolute atomic E-state index is 0.698. The second kappa shape index (κ2) is 6.91. The molecule has 4 aromatic rings. The summed E-state index contributed by atoms with van der Waals surface area (Å²) in [6.45, 7) is 0.782. The number of hydrogen-bond acceptors (Lipinski definition) is 2. The number of aryl methyl sites for hydroxylation is 2. The van der Waals surface area contributed by atoms with Crippen molar-refractivity contribution >= 4 is 11.0 Å². The summed E-state index contributed by atoms with van der Waals surface area (Å²) in [5.41, 5.74) is 4.11. The monoisotopic (exact) mass is 328 g/mol. The molecule has 25 heavy (non-hydrogen) atoms. The molecule has 1 aromatic heterocycles. The SMILES string of the molecule is O[C@@H](c1ccccc1)c1nc2ccccc2n1CCc1ccccc1. The van der Waals surface area contributed by atoms with Crippen LogP contribution >= 0.6 is 0 Å². The van der Waals surface area contributed by atoms with Crippen molar-refractivity contribution in [1.82, 2.24) is 9.55 Å². The van der Waals surface area contributed by atoms with Gasteiger partial charge in [-0.1, -0.05) is 72.8 Å². The Labute approximate surface area is 147 Å². The van der Waals surface area contributed by atoms with E-state index in [-0.39, 0.29) is 0 Å². The number of aliphatic hydroxyl groups is 1. The highest BCUT2D eigenvalue weighted by atomic mass is 16.3. The largest absolute Gasteiger partial charge is 0.380 e. The Kier molecular flexibility index (Phi) is 4.32. The Morgan fingerprint density at radius 2 is 1.44 bits per heavy atom. The number of rotatable bonds is 5. The number of hydrogen-bond donors (Lipinski definition) is 1. The summed E-state index contributed by atoms with van der Waals surface area (Å²) in [7, 11) is 0. The van der Waals surface area contributed by atoms with Gasteiger partial charge in [0.25, 0.3) is 0 Å². The van der Waals surface area contributed by atoms with Crippen molar-refractivity contribution in [2.24, 2.45) is 0 Å². The first kappa shape index (κ1) is 15.6. The van der Waals surface area contributed by atoms with E-state index < -0.39 is 6.10 Å². The Morgan fingerprint density at radius 3 is 2.20 bits per heavy atom. The maximum Gasteiger partial charge on any atom is 0.143 e. The summed E-state index contributed by atoms with van der Waals surface area (Å²) in [5, 5.41) is 10.9. The highest BCUT2D eigenvalue weighted by Crippen LogP contribution is 2.26. The van der Waals surface area contributed by atoms with Crippen LogP contribution in [0.4, 0.5) is 0 Å². The van der Waals surface area contributed by atoms with Crippen molar-refractivity contribution in [3.63, 3.8) is 0 Å². The summed E-state index contributed by atoms with van der Waals surface area (Å²) in [5.74, 6) is 0.698.